The molecule has 0 bridgehead atoms. The summed E-state index contributed by atoms with van der Waals surface area (Å²) in [7, 11) is 1.63. The van der Waals surface area contributed by atoms with Gasteiger partial charge in [-0.3, -0.25) is 0 Å². The third-order valence-corrected chi connectivity index (χ3v) is 2.68. The normalized spacial score (nSPS) is 13.8. The maximum Gasteiger partial charge on any atom is 0.236 e. The first-order chi connectivity index (χ1) is 6.46. The number of nitrogens with zero attached hydrogens (tertiary/aromatic N) is 2. The van der Waals surface area contributed by atoms with Gasteiger partial charge in [0.1, 0.15) is 0 Å². The molecular formula is C11H18N2O. The van der Waals surface area contributed by atoms with Crippen molar-refractivity contribution in [2.24, 2.45) is 5.41 Å². The summed E-state index contributed by atoms with van der Waals surface area (Å²) < 4.78 is 5.19. The second-order valence-corrected chi connectivity index (χ2v) is 4.58. The minimum Gasteiger partial charge on any atom is -0.480 e. The van der Waals surface area contributed by atoms with Crippen LogP contribution in [0, 0.1) is 5.41 Å². The summed E-state index contributed by atoms with van der Waals surface area (Å²) in [5.41, 5.74) is 1.33. The van der Waals surface area contributed by atoms with E-state index in [2.05, 4.69) is 37.9 Å². The summed E-state index contributed by atoms with van der Waals surface area (Å²) in [6.07, 6.45) is 1.71. The number of hydrogen-bond donors (Lipinski definition) is 0. The summed E-state index contributed by atoms with van der Waals surface area (Å²) >= 11 is 0. The zero-order valence-electron chi connectivity index (χ0n) is 9.53. The molecule has 0 saturated carbocycles. The smallest absolute Gasteiger partial charge is 0.236 e. The van der Waals surface area contributed by atoms with Gasteiger partial charge in [-0.1, -0.05) is 27.7 Å². The molecule has 0 saturated heterocycles. The van der Waals surface area contributed by atoms with Gasteiger partial charge in [0.15, 0.2) is 0 Å². The van der Waals surface area contributed by atoms with Gasteiger partial charge in [-0.25, -0.2) is 0 Å². The molecular weight excluding hydrogens is 176 g/mol. The maximum absolute atomic E-state index is 5.19. The van der Waals surface area contributed by atoms with Crippen molar-refractivity contribution in [3.63, 3.8) is 0 Å². The summed E-state index contributed by atoms with van der Waals surface area (Å²) in [5.74, 6) is 1.03. The highest BCUT2D eigenvalue weighted by molar-refractivity contribution is 5.28. The first kappa shape index (κ1) is 11.0. The monoisotopic (exact) mass is 194 g/mol. The predicted octanol–water partition coefficient (Wildman–Crippen LogP) is 2.63. The molecule has 0 spiro atoms. The Morgan fingerprint density at radius 1 is 1.36 bits per heavy atom. The van der Waals surface area contributed by atoms with Crippen molar-refractivity contribution < 1.29 is 4.74 Å². The van der Waals surface area contributed by atoms with Crippen molar-refractivity contribution in [2.75, 3.05) is 7.11 Å². The average molecular weight is 194 g/mol. The molecule has 1 unspecified atom stereocenters. The first-order valence-electron chi connectivity index (χ1n) is 4.82. The van der Waals surface area contributed by atoms with Crippen LogP contribution >= 0.6 is 0 Å². The van der Waals surface area contributed by atoms with Gasteiger partial charge in [0.05, 0.1) is 13.3 Å². The third-order valence-electron chi connectivity index (χ3n) is 2.68. The summed E-state index contributed by atoms with van der Waals surface area (Å²) in [6.45, 7) is 8.80. The molecule has 1 heterocycles. The van der Waals surface area contributed by atoms with Crippen LogP contribution in [0.2, 0.25) is 0 Å². The number of rotatable bonds is 2. The Morgan fingerprint density at radius 2 is 2.00 bits per heavy atom. The molecule has 0 amide bonds. The van der Waals surface area contributed by atoms with Crippen molar-refractivity contribution >= 4 is 0 Å². The molecule has 0 N–H and O–H groups in total. The lowest BCUT2D eigenvalue weighted by Crippen LogP contribution is -2.16. The maximum atomic E-state index is 5.19. The van der Waals surface area contributed by atoms with E-state index in [0.29, 0.717) is 11.8 Å². The van der Waals surface area contributed by atoms with Gasteiger partial charge in [-0.2, -0.15) is 5.10 Å². The first-order valence-corrected chi connectivity index (χ1v) is 4.82. The molecule has 78 valence electrons. The highest BCUT2D eigenvalue weighted by atomic mass is 16.5. The molecule has 0 aliphatic rings. The largest absolute Gasteiger partial charge is 0.480 e. The Bertz CT molecular complexity index is 304. The van der Waals surface area contributed by atoms with Crippen molar-refractivity contribution in [3.8, 4) is 5.88 Å². The van der Waals surface area contributed by atoms with E-state index in [1.54, 1.807) is 13.3 Å². The molecule has 3 heteroatoms. The Morgan fingerprint density at radius 3 is 2.50 bits per heavy atom. The zero-order valence-corrected chi connectivity index (χ0v) is 9.53. The summed E-state index contributed by atoms with van der Waals surface area (Å²) in [5, 5.41) is 7.77. The lowest BCUT2D eigenvalue weighted by Gasteiger charge is -2.27. The third kappa shape index (κ3) is 2.22. The van der Waals surface area contributed by atoms with Crippen LogP contribution in [0.1, 0.15) is 39.2 Å². The van der Waals surface area contributed by atoms with E-state index in [1.807, 2.05) is 6.07 Å². The van der Waals surface area contributed by atoms with Crippen LogP contribution in [0.3, 0.4) is 0 Å². The summed E-state index contributed by atoms with van der Waals surface area (Å²) in [6, 6.07) is 1.97. The molecule has 14 heavy (non-hydrogen) atoms. The molecule has 1 aromatic heterocycles. The fourth-order valence-electron chi connectivity index (χ4n) is 1.28. The Hall–Kier alpha value is -1.12. The lowest BCUT2D eigenvalue weighted by atomic mass is 9.78. The molecule has 0 radical (unpaired) electrons. The molecule has 1 aromatic rings. The van der Waals surface area contributed by atoms with Gasteiger partial charge in [-0.05, 0) is 17.4 Å². The average Bonchev–Trinajstić information content (AvgIpc) is 2.15. The summed E-state index contributed by atoms with van der Waals surface area (Å²) in [4.78, 5) is 0. The van der Waals surface area contributed by atoms with Crippen LogP contribution in [0.25, 0.3) is 0 Å². The van der Waals surface area contributed by atoms with E-state index in [0.717, 1.165) is 5.56 Å². The van der Waals surface area contributed by atoms with Crippen molar-refractivity contribution in [3.05, 3.63) is 17.8 Å². The van der Waals surface area contributed by atoms with E-state index >= 15 is 0 Å². The molecule has 0 fully saturated rings. The van der Waals surface area contributed by atoms with E-state index in [1.165, 1.54) is 0 Å². The minimum absolute atomic E-state index is 0.205. The van der Waals surface area contributed by atoms with Gasteiger partial charge in [-0.15, -0.1) is 5.10 Å². The Balaban J connectivity index is 3.06. The fourth-order valence-corrected chi connectivity index (χ4v) is 1.28. The molecule has 0 aliphatic carbocycles. The van der Waals surface area contributed by atoms with Gasteiger partial charge in [0.2, 0.25) is 5.88 Å². The van der Waals surface area contributed by atoms with Gasteiger partial charge < -0.3 is 4.74 Å². The van der Waals surface area contributed by atoms with Crippen LogP contribution in [-0.2, 0) is 0 Å². The van der Waals surface area contributed by atoms with E-state index < -0.39 is 0 Å². The number of hydrogen-bond acceptors (Lipinski definition) is 3. The van der Waals surface area contributed by atoms with Gasteiger partial charge >= 0.3 is 0 Å². The number of aromatic nitrogens is 2. The van der Waals surface area contributed by atoms with Crippen molar-refractivity contribution in [2.45, 2.75) is 33.6 Å². The van der Waals surface area contributed by atoms with Crippen LogP contribution in [0.15, 0.2) is 12.3 Å². The SMILES string of the molecule is COc1nnccc1C(C)C(C)(C)C. The second-order valence-electron chi connectivity index (χ2n) is 4.58. The van der Waals surface area contributed by atoms with Gasteiger partial charge in [0, 0.05) is 5.56 Å². The Labute approximate surface area is 85.5 Å². The van der Waals surface area contributed by atoms with Crippen LogP contribution in [0.5, 0.6) is 5.88 Å². The van der Waals surface area contributed by atoms with Crippen LogP contribution in [-0.4, -0.2) is 17.3 Å². The zero-order chi connectivity index (χ0) is 10.8. The van der Waals surface area contributed by atoms with Gasteiger partial charge in [0.25, 0.3) is 0 Å². The lowest BCUT2D eigenvalue weighted by molar-refractivity contribution is 0.318. The van der Waals surface area contributed by atoms with E-state index in [-0.39, 0.29) is 5.41 Å². The predicted molar refractivity (Wildman–Crippen MR) is 56.5 cm³/mol. The number of methoxy groups -OCH3 is 1. The minimum atomic E-state index is 0.205. The number of ether oxygens (including phenoxy) is 1. The fraction of sp³-hybridized carbons (Fsp3) is 0.636. The Kier molecular flexibility index (Phi) is 3.09. The quantitative estimate of drug-likeness (QED) is 0.726. The van der Waals surface area contributed by atoms with E-state index in [4.69, 9.17) is 4.74 Å². The molecule has 0 aliphatic heterocycles. The standard InChI is InChI=1S/C11H18N2O/c1-8(11(2,3)4)9-6-7-12-13-10(9)14-5/h6-8H,1-5H3. The van der Waals surface area contributed by atoms with Crippen LogP contribution in [0.4, 0.5) is 0 Å². The second kappa shape index (κ2) is 3.95. The molecule has 3 nitrogen and oxygen atoms in total. The topological polar surface area (TPSA) is 35.0 Å². The van der Waals surface area contributed by atoms with Crippen molar-refractivity contribution in [1.29, 1.82) is 0 Å². The molecule has 1 rings (SSSR count). The highest BCUT2D eigenvalue weighted by Gasteiger charge is 2.24. The van der Waals surface area contributed by atoms with E-state index in [9.17, 15) is 0 Å². The van der Waals surface area contributed by atoms with Crippen molar-refractivity contribution in [1.82, 2.24) is 10.2 Å². The molecule has 1 atom stereocenters. The van der Waals surface area contributed by atoms with Crippen LogP contribution < -0.4 is 4.74 Å². The highest BCUT2D eigenvalue weighted by Crippen LogP contribution is 2.37. The molecule has 0 aromatic carbocycles.